The van der Waals surface area contributed by atoms with Crippen molar-refractivity contribution in [2.75, 3.05) is 36.9 Å². The lowest BCUT2D eigenvalue weighted by atomic mass is 10.1. The molecule has 1 aliphatic rings. The average molecular weight is 250 g/mol. The summed E-state index contributed by atoms with van der Waals surface area (Å²) in [6.45, 7) is 7.02. The van der Waals surface area contributed by atoms with Crippen molar-refractivity contribution >= 4 is 11.4 Å². The zero-order valence-corrected chi connectivity index (χ0v) is 11.2. The second-order valence-electron chi connectivity index (χ2n) is 4.39. The predicted molar refractivity (Wildman–Crippen MR) is 73.8 cm³/mol. The Kier molecular flexibility index (Phi) is 4.44. The Morgan fingerprint density at radius 3 is 2.67 bits per heavy atom. The van der Waals surface area contributed by atoms with E-state index >= 15 is 0 Å². The molecule has 1 aromatic rings. The molecule has 1 aromatic carbocycles. The number of hydrogen-bond acceptors (Lipinski definition) is 4. The summed E-state index contributed by atoms with van der Waals surface area (Å²) < 4.78 is 11.2. The molecule has 2 N–H and O–H groups in total. The number of nitrogens with two attached hydrogens (primary N) is 1. The van der Waals surface area contributed by atoms with Crippen LogP contribution in [0.15, 0.2) is 18.2 Å². The summed E-state index contributed by atoms with van der Waals surface area (Å²) in [7, 11) is 0. The second-order valence-corrected chi connectivity index (χ2v) is 4.39. The summed E-state index contributed by atoms with van der Waals surface area (Å²) in [4.78, 5) is 2.26. The van der Waals surface area contributed by atoms with Crippen LogP contribution in [-0.4, -0.2) is 32.6 Å². The number of hydrogen-bond donors (Lipinski definition) is 1. The summed E-state index contributed by atoms with van der Waals surface area (Å²) in [6, 6.07) is 6.11. The van der Waals surface area contributed by atoms with E-state index in [1.807, 2.05) is 26.0 Å². The van der Waals surface area contributed by atoms with Gasteiger partial charge in [0.2, 0.25) is 0 Å². The highest BCUT2D eigenvalue weighted by Crippen LogP contribution is 2.33. The van der Waals surface area contributed by atoms with Gasteiger partial charge in [-0.05, 0) is 31.9 Å². The number of ether oxygens (including phenoxy) is 2. The molecule has 0 atom stereocenters. The molecule has 0 aliphatic carbocycles. The first-order valence-electron chi connectivity index (χ1n) is 6.61. The maximum Gasteiger partial charge on any atom is 0.174 e. The summed E-state index contributed by atoms with van der Waals surface area (Å²) >= 11 is 0. The van der Waals surface area contributed by atoms with Crippen molar-refractivity contribution in [2.24, 2.45) is 0 Å². The van der Waals surface area contributed by atoms with Gasteiger partial charge in [-0.2, -0.15) is 0 Å². The van der Waals surface area contributed by atoms with Gasteiger partial charge in [-0.25, -0.2) is 0 Å². The lowest BCUT2D eigenvalue weighted by molar-refractivity contribution is -0.129. The first-order valence-corrected chi connectivity index (χ1v) is 6.61. The summed E-state index contributed by atoms with van der Waals surface area (Å²) in [5, 5.41) is 0. The highest BCUT2D eigenvalue weighted by Gasteiger charge is 2.24. The van der Waals surface area contributed by atoms with E-state index in [-0.39, 0.29) is 6.29 Å². The molecule has 0 aromatic heterocycles. The van der Waals surface area contributed by atoms with Crippen molar-refractivity contribution < 1.29 is 9.47 Å². The molecule has 0 fully saturated rings. The molecular formula is C14H22N2O2. The molecule has 0 amide bonds. The molecular weight excluding hydrogens is 228 g/mol. The lowest BCUT2D eigenvalue weighted by Crippen LogP contribution is -2.35. The van der Waals surface area contributed by atoms with E-state index in [1.54, 1.807) is 0 Å². The molecule has 100 valence electrons. The fourth-order valence-corrected chi connectivity index (χ4v) is 2.45. The van der Waals surface area contributed by atoms with E-state index in [2.05, 4.69) is 11.0 Å². The summed E-state index contributed by atoms with van der Waals surface area (Å²) in [5.74, 6) is 0. The lowest BCUT2D eigenvalue weighted by Gasteiger charge is -2.26. The molecule has 2 rings (SSSR count). The van der Waals surface area contributed by atoms with Crippen molar-refractivity contribution in [3.05, 3.63) is 23.8 Å². The third-order valence-corrected chi connectivity index (χ3v) is 3.19. The van der Waals surface area contributed by atoms with E-state index in [0.29, 0.717) is 13.2 Å². The van der Waals surface area contributed by atoms with Gasteiger partial charge in [0.15, 0.2) is 6.29 Å². The molecule has 4 nitrogen and oxygen atoms in total. The van der Waals surface area contributed by atoms with Crippen LogP contribution in [0.3, 0.4) is 0 Å². The third-order valence-electron chi connectivity index (χ3n) is 3.19. The van der Waals surface area contributed by atoms with Crippen LogP contribution in [0.4, 0.5) is 11.4 Å². The maximum absolute atomic E-state index is 6.06. The number of benzene rings is 1. The monoisotopic (exact) mass is 250 g/mol. The molecule has 1 aliphatic heterocycles. The van der Waals surface area contributed by atoms with Gasteiger partial charge < -0.3 is 20.1 Å². The molecule has 0 radical (unpaired) electrons. The molecule has 0 spiro atoms. The van der Waals surface area contributed by atoms with Gasteiger partial charge in [-0.1, -0.05) is 12.1 Å². The Balaban J connectivity index is 2.08. The average Bonchev–Trinajstić information content (AvgIpc) is 2.75. The van der Waals surface area contributed by atoms with Crippen molar-refractivity contribution in [2.45, 2.75) is 26.6 Å². The van der Waals surface area contributed by atoms with E-state index in [4.69, 9.17) is 15.2 Å². The van der Waals surface area contributed by atoms with E-state index in [9.17, 15) is 0 Å². The zero-order valence-electron chi connectivity index (χ0n) is 11.2. The molecule has 4 heteroatoms. The van der Waals surface area contributed by atoms with Gasteiger partial charge in [0.1, 0.15) is 0 Å². The molecule has 1 heterocycles. The first-order chi connectivity index (χ1) is 8.76. The minimum absolute atomic E-state index is 0.175. The number of nitrogens with zero attached hydrogens (tertiary/aromatic N) is 1. The standard InChI is InChI=1S/C14H22N2O2/c1-3-17-13(18-4-2)10-16-9-8-11-6-5-7-12(15)14(11)16/h5-7,13H,3-4,8-10,15H2,1-2H3. The molecule has 18 heavy (non-hydrogen) atoms. The van der Waals surface area contributed by atoms with Gasteiger partial charge in [0.25, 0.3) is 0 Å². The van der Waals surface area contributed by atoms with Gasteiger partial charge in [-0.3, -0.25) is 0 Å². The quantitative estimate of drug-likeness (QED) is 0.620. The van der Waals surface area contributed by atoms with E-state index in [1.165, 1.54) is 5.56 Å². The topological polar surface area (TPSA) is 47.7 Å². The second kappa shape index (κ2) is 6.07. The van der Waals surface area contributed by atoms with Crippen LogP contribution in [0.25, 0.3) is 0 Å². The minimum atomic E-state index is -0.175. The Morgan fingerprint density at radius 1 is 1.28 bits per heavy atom. The van der Waals surface area contributed by atoms with E-state index < -0.39 is 0 Å². The zero-order chi connectivity index (χ0) is 13.0. The maximum atomic E-state index is 6.06. The van der Waals surface area contributed by atoms with Crippen molar-refractivity contribution in [3.8, 4) is 0 Å². The fourth-order valence-electron chi connectivity index (χ4n) is 2.45. The van der Waals surface area contributed by atoms with Crippen LogP contribution < -0.4 is 10.6 Å². The summed E-state index contributed by atoms with van der Waals surface area (Å²) in [6.07, 6.45) is 0.872. The molecule has 0 unspecified atom stereocenters. The largest absolute Gasteiger partial charge is 0.397 e. The number of fused-ring (bicyclic) bond motifs is 1. The van der Waals surface area contributed by atoms with Gasteiger partial charge in [-0.15, -0.1) is 0 Å². The Labute approximate surface area is 109 Å². The van der Waals surface area contributed by atoms with Crippen LogP contribution in [0.1, 0.15) is 19.4 Å². The Bertz CT molecular complexity index is 389. The van der Waals surface area contributed by atoms with Gasteiger partial charge in [0, 0.05) is 19.8 Å². The minimum Gasteiger partial charge on any atom is -0.397 e. The number of rotatable bonds is 6. The van der Waals surface area contributed by atoms with Gasteiger partial charge in [0.05, 0.1) is 17.9 Å². The highest BCUT2D eigenvalue weighted by atomic mass is 16.7. The fraction of sp³-hybridized carbons (Fsp3) is 0.571. The number of para-hydroxylation sites is 1. The molecule has 0 saturated carbocycles. The van der Waals surface area contributed by atoms with Crippen LogP contribution in [0.2, 0.25) is 0 Å². The molecule has 0 saturated heterocycles. The summed E-state index contributed by atoms with van der Waals surface area (Å²) in [5.41, 5.74) is 9.38. The number of anilines is 2. The van der Waals surface area contributed by atoms with Crippen molar-refractivity contribution in [1.29, 1.82) is 0 Å². The van der Waals surface area contributed by atoms with Crippen molar-refractivity contribution in [1.82, 2.24) is 0 Å². The van der Waals surface area contributed by atoms with Gasteiger partial charge >= 0.3 is 0 Å². The number of nitrogen functional groups attached to an aromatic ring is 1. The van der Waals surface area contributed by atoms with Crippen molar-refractivity contribution in [3.63, 3.8) is 0 Å². The van der Waals surface area contributed by atoms with Crippen LogP contribution in [0, 0.1) is 0 Å². The Morgan fingerprint density at radius 2 is 2.00 bits per heavy atom. The smallest absolute Gasteiger partial charge is 0.174 e. The predicted octanol–water partition coefficient (Wildman–Crippen LogP) is 2.03. The van der Waals surface area contributed by atoms with Crippen LogP contribution >= 0.6 is 0 Å². The highest BCUT2D eigenvalue weighted by molar-refractivity contribution is 5.74. The Hall–Kier alpha value is -1.26. The van der Waals surface area contributed by atoms with Crippen LogP contribution in [0.5, 0.6) is 0 Å². The SMILES string of the molecule is CCOC(CN1CCc2cccc(N)c21)OCC. The van der Waals surface area contributed by atoms with Crippen LogP contribution in [-0.2, 0) is 15.9 Å². The third kappa shape index (κ3) is 2.76. The molecule has 0 bridgehead atoms. The van der Waals surface area contributed by atoms with E-state index in [0.717, 1.165) is 30.9 Å². The normalized spacial score (nSPS) is 14.3. The first kappa shape index (κ1) is 13.2.